The molecule has 0 bridgehead atoms. The SMILES string of the molecule is O=C1C(=O)c2cc(-c3cc(O)c(O)c(O)c3)ccc2C(Oc2c(O)cc(-c3ccc4cc(O)c(O)c(O)c4c3)cc2O)=C1O. The Balaban J connectivity index is 1.39. The molecule has 0 radical (unpaired) electrons. The van der Waals surface area contributed by atoms with Crippen LogP contribution in [-0.4, -0.2) is 57.5 Å². The number of allylic oxidation sites excluding steroid dienone is 1. The molecule has 5 aromatic carbocycles. The molecular formula is C32H20O12. The van der Waals surface area contributed by atoms with Gasteiger partial charge in [-0.1, -0.05) is 18.2 Å². The fourth-order valence-corrected chi connectivity index (χ4v) is 4.95. The summed E-state index contributed by atoms with van der Waals surface area (Å²) in [6.07, 6.45) is 0. The number of aromatic hydroxyl groups is 8. The molecule has 0 fully saturated rings. The standard InChI is InChI=1S/C32H20O12/c33-20-8-15(9-21(34)27(20)40)13-3-4-17-19(6-13)26(39)29(42)30(43)31(17)44-32-23(36)10-16(11-24(32)37)12-1-2-14-7-22(35)28(41)25(38)18(14)5-12/h1-11,33-38,40-41,43H. The monoisotopic (exact) mass is 596 g/mol. The van der Waals surface area contributed by atoms with E-state index in [9.17, 15) is 55.5 Å². The van der Waals surface area contributed by atoms with Gasteiger partial charge in [-0.05, 0) is 76.2 Å². The van der Waals surface area contributed by atoms with Crippen LogP contribution < -0.4 is 4.74 Å². The Morgan fingerprint density at radius 2 is 1.00 bits per heavy atom. The van der Waals surface area contributed by atoms with Gasteiger partial charge in [0.1, 0.15) is 0 Å². The number of fused-ring (bicyclic) bond motifs is 2. The van der Waals surface area contributed by atoms with Crippen LogP contribution in [-0.2, 0) is 4.79 Å². The molecule has 0 unspecified atom stereocenters. The van der Waals surface area contributed by atoms with Gasteiger partial charge in [-0.3, -0.25) is 9.59 Å². The highest BCUT2D eigenvalue weighted by atomic mass is 16.5. The second-order valence-electron chi connectivity index (χ2n) is 9.93. The van der Waals surface area contributed by atoms with Crippen molar-refractivity contribution in [3.63, 3.8) is 0 Å². The number of hydrogen-bond acceptors (Lipinski definition) is 12. The van der Waals surface area contributed by atoms with Crippen molar-refractivity contribution in [3.05, 3.63) is 83.6 Å². The molecular weight excluding hydrogens is 576 g/mol. The molecule has 0 spiro atoms. The minimum absolute atomic E-state index is 0.0704. The van der Waals surface area contributed by atoms with Crippen LogP contribution in [0.2, 0.25) is 0 Å². The summed E-state index contributed by atoms with van der Waals surface area (Å²) < 4.78 is 5.63. The molecule has 220 valence electrons. The van der Waals surface area contributed by atoms with Crippen molar-refractivity contribution < 1.29 is 60.3 Å². The summed E-state index contributed by atoms with van der Waals surface area (Å²) in [5.74, 6) is -9.69. The van der Waals surface area contributed by atoms with Gasteiger partial charge in [0.15, 0.2) is 46.0 Å². The van der Waals surface area contributed by atoms with E-state index in [0.717, 1.165) is 12.1 Å². The molecule has 9 N–H and O–H groups in total. The molecule has 0 aliphatic heterocycles. The predicted octanol–water partition coefficient (Wildman–Crippen LogP) is 4.89. The molecule has 5 aromatic rings. The number of ether oxygens (including phenoxy) is 1. The maximum Gasteiger partial charge on any atom is 0.271 e. The van der Waals surface area contributed by atoms with E-state index in [0.29, 0.717) is 10.9 Å². The normalized spacial score (nSPS) is 12.9. The first-order valence-corrected chi connectivity index (χ1v) is 12.7. The summed E-state index contributed by atoms with van der Waals surface area (Å²) in [6, 6.07) is 14.4. The van der Waals surface area contributed by atoms with Gasteiger partial charge < -0.3 is 50.7 Å². The van der Waals surface area contributed by atoms with Gasteiger partial charge >= 0.3 is 0 Å². The number of aliphatic hydroxyl groups is 1. The van der Waals surface area contributed by atoms with Gasteiger partial charge in [-0.2, -0.15) is 0 Å². The van der Waals surface area contributed by atoms with Crippen molar-refractivity contribution in [1.29, 1.82) is 0 Å². The molecule has 1 aliphatic carbocycles. The summed E-state index contributed by atoms with van der Waals surface area (Å²) in [6.45, 7) is 0. The summed E-state index contributed by atoms with van der Waals surface area (Å²) in [5.41, 5.74) is 0.741. The van der Waals surface area contributed by atoms with E-state index in [1.165, 1.54) is 48.5 Å². The Bertz CT molecular complexity index is 2080. The molecule has 0 saturated carbocycles. The van der Waals surface area contributed by atoms with Gasteiger partial charge in [0.2, 0.25) is 23.0 Å². The minimum atomic E-state index is -1.33. The van der Waals surface area contributed by atoms with E-state index in [4.69, 9.17) is 4.74 Å². The fraction of sp³-hybridized carbons (Fsp3) is 0. The van der Waals surface area contributed by atoms with Crippen LogP contribution in [0.4, 0.5) is 0 Å². The lowest BCUT2D eigenvalue weighted by molar-refractivity contribution is -0.114. The Morgan fingerprint density at radius 3 is 1.64 bits per heavy atom. The van der Waals surface area contributed by atoms with Crippen LogP contribution in [0, 0.1) is 0 Å². The van der Waals surface area contributed by atoms with E-state index in [1.54, 1.807) is 6.07 Å². The molecule has 1 aliphatic rings. The minimum Gasteiger partial charge on any atom is -0.504 e. The maximum absolute atomic E-state index is 12.8. The average molecular weight is 597 g/mol. The highest BCUT2D eigenvalue weighted by molar-refractivity contribution is 6.51. The van der Waals surface area contributed by atoms with Gasteiger partial charge in [-0.15, -0.1) is 0 Å². The summed E-state index contributed by atoms with van der Waals surface area (Å²) in [5, 5.41) is 92.0. The van der Waals surface area contributed by atoms with Crippen molar-refractivity contribution in [2.75, 3.05) is 0 Å². The lowest BCUT2D eigenvalue weighted by Gasteiger charge is -2.21. The third-order valence-corrected chi connectivity index (χ3v) is 7.20. The van der Waals surface area contributed by atoms with Gasteiger partial charge in [-0.25, -0.2) is 0 Å². The van der Waals surface area contributed by atoms with Crippen molar-refractivity contribution >= 4 is 28.1 Å². The number of ketones is 2. The lowest BCUT2D eigenvalue weighted by atomic mass is 9.89. The largest absolute Gasteiger partial charge is 0.504 e. The Hall–Kier alpha value is -6.56. The molecule has 12 nitrogen and oxygen atoms in total. The van der Waals surface area contributed by atoms with E-state index < -0.39 is 74.8 Å². The zero-order valence-electron chi connectivity index (χ0n) is 22.1. The molecule has 0 amide bonds. The van der Waals surface area contributed by atoms with E-state index in [2.05, 4.69) is 0 Å². The Labute approximate surface area is 246 Å². The summed E-state index contributed by atoms with van der Waals surface area (Å²) in [7, 11) is 0. The fourth-order valence-electron chi connectivity index (χ4n) is 4.95. The molecule has 0 aromatic heterocycles. The number of carbonyl (C=O) groups excluding carboxylic acids is 2. The molecule has 44 heavy (non-hydrogen) atoms. The Morgan fingerprint density at radius 1 is 0.455 bits per heavy atom. The highest BCUT2D eigenvalue weighted by Crippen LogP contribution is 2.46. The quantitative estimate of drug-likeness (QED) is 0.0998. The number of carbonyl (C=O) groups is 2. The molecule has 0 heterocycles. The topological polar surface area (TPSA) is 225 Å². The molecule has 0 saturated heterocycles. The highest BCUT2D eigenvalue weighted by Gasteiger charge is 2.35. The lowest BCUT2D eigenvalue weighted by Crippen LogP contribution is -2.25. The van der Waals surface area contributed by atoms with E-state index in [-0.39, 0.29) is 33.2 Å². The second-order valence-corrected chi connectivity index (χ2v) is 9.93. The summed E-state index contributed by atoms with van der Waals surface area (Å²) >= 11 is 0. The summed E-state index contributed by atoms with van der Waals surface area (Å²) in [4.78, 5) is 25.5. The zero-order chi connectivity index (χ0) is 31.6. The molecule has 0 atom stereocenters. The van der Waals surface area contributed by atoms with Crippen LogP contribution >= 0.6 is 0 Å². The predicted molar refractivity (Wildman–Crippen MR) is 154 cm³/mol. The van der Waals surface area contributed by atoms with Crippen LogP contribution in [0.25, 0.3) is 38.8 Å². The number of phenols is 8. The van der Waals surface area contributed by atoms with Gasteiger partial charge in [0.25, 0.3) is 5.78 Å². The first-order valence-electron chi connectivity index (χ1n) is 12.7. The first-order chi connectivity index (χ1) is 20.8. The number of rotatable bonds is 4. The number of hydrogen-bond donors (Lipinski definition) is 9. The number of aliphatic hydroxyl groups excluding tert-OH is 1. The van der Waals surface area contributed by atoms with Crippen molar-refractivity contribution in [2.45, 2.75) is 0 Å². The van der Waals surface area contributed by atoms with Crippen molar-refractivity contribution in [1.82, 2.24) is 0 Å². The Kier molecular flexibility index (Phi) is 6.13. The molecule has 6 rings (SSSR count). The third-order valence-electron chi connectivity index (χ3n) is 7.20. The third kappa shape index (κ3) is 4.25. The van der Waals surface area contributed by atoms with Gasteiger partial charge in [0, 0.05) is 16.5 Å². The van der Waals surface area contributed by atoms with Crippen LogP contribution in [0.5, 0.6) is 51.7 Å². The zero-order valence-corrected chi connectivity index (χ0v) is 22.1. The van der Waals surface area contributed by atoms with Gasteiger partial charge in [0.05, 0.1) is 0 Å². The smallest absolute Gasteiger partial charge is 0.271 e. The second kappa shape index (κ2) is 9.77. The van der Waals surface area contributed by atoms with Crippen LogP contribution in [0.3, 0.4) is 0 Å². The average Bonchev–Trinajstić information content (AvgIpc) is 3.00. The van der Waals surface area contributed by atoms with Crippen molar-refractivity contribution in [3.8, 4) is 74.0 Å². The first kappa shape index (κ1) is 27.6. The van der Waals surface area contributed by atoms with E-state index in [1.807, 2.05) is 0 Å². The number of Topliss-reactive ketones (excluding diaryl/α,β-unsaturated/α-hetero) is 2. The number of phenolic OH excluding ortho intramolecular Hbond substituents is 8. The molecule has 12 heteroatoms. The van der Waals surface area contributed by atoms with Crippen molar-refractivity contribution in [2.24, 2.45) is 0 Å². The van der Waals surface area contributed by atoms with E-state index >= 15 is 0 Å². The number of benzene rings is 5. The van der Waals surface area contributed by atoms with Crippen LogP contribution in [0.1, 0.15) is 15.9 Å². The maximum atomic E-state index is 12.8. The van der Waals surface area contributed by atoms with Crippen LogP contribution in [0.15, 0.2) is 72.5 Å².